The second-order valence-electron chi connectivity index (χ2n) is 7.40. The van der Waals surface area contributed by atoms with Crippen LogP contribution >= 0.6 is 11.6 Å². The summed E-state index contributed by atoms with van der Waals surface area (Å²) in [5, 5.41) is 12.8. The van der Waals surface area contributed by atoms with E-state index in [2.05, 4.69) is 35.4 Å². The number of ether oxygens (including phenoxy) is 2. The highest BCUT2D eigenvalue weighted by Gasteiger charge is 2.17. The van der Waals surface area contributed by atoms with Gasteiger partial charge in [0.1, 0.15) is 18.1 Å². The van der Waals surface area contributed by atoms with Crippen LogP contribution in [-0.2, 0) is 26.5 Å². The lowest BCUT2D eigenvalue weighted by atomic mass is 10.1. The van der Waals surface area contributed by atoms with Crippen LogP contribution in [0, 0.1) is 0 Å². The highest BCUT2D eigenvalue weighted by atomic mass is 35.5. The second kappa shape index (κ2) is 9.50. The maximum Gasteiger partial charge on any atom is 0.368 e. The fourth-order valence-corrected chi connectivity index (χ4v) is 3.79. The van der Waals surface area contributed by atoms with Crippen molar-refractivity contribution in [2.45, 2.75) is 33.3 Å². The molecule has 0 aliphatic rings. The fraction of sp³-hybridized carbons (Fsp3) is 0.304. The Balaban J connectivity index is 1.64. The van der Waals surface area contributed by atoms with Crippen molar-refractivity contribution in [3.63, 3.8) is 0 Å². The summed E-state index contributed by atoms with van der Waals surface area (Å²) in [5.41, 5.74) is 3.82. The molecule has 172 valence electrons. The zero-order chi connectivity index (χ0) is 23.5. The molecule has 0 unspecified atom stereocenters. The van der Waals surface area contributed by atoms with E-state index in [1.54, 1.807) is 25.3 Å². The average molecular weight is 469 g/mol. The SMILES string of the molecule is CCc1cc(CC)n(-c2ccc(OCc3c(OC)cccc3-n3nnn(C)c3=O)c(Cl)c2)n1. The van der Waals surface area contributed by atoms with Gasteiger partial charge in [0.05, 0.1) is 34.8 Å². The monoisotopic (exact) mass is 468 g/mol. The summed E-state index contributed by atoms with van der Waals surface area (Å²) in [6.45, 7) is 4.29. The van der Waals surface area contributed by atoms with Gasteiger partial charge in [0.2, 0.25) is 0 Å². The number of aromatic nitrogens is 6. The summed E-state index contributed by atoms with van der Waals surface area (Å²) < 4.78 is 15.8. The summed E-state index contributed by atoms with van der Waals surface area (Å²) in [6, 6.07) is 13.0. The van der Waals surface area contributed by atoms with Crippen LogP contribution in [0.15, 0.2) is 47.3 Å². The first-order valence-corrected chi connectivity index (χ1v) is 11.0. The van der Waals surface area contributed by atoms with Gasteiger partial charge in [-0.1, -0.05) is 31.5 Å². The number of nitrogens with zero attached hydrogens (tertiary/aromatic N) is 6. The summed E-state index contributed by atoms with van der Waals surface area (Å²) in [6.07, 6.45) is 1.73. The maximum atomic E-state index is 12.4. The summed E-state index contributed by atoms with van der Waals surface area (Å²) >= 11 is 6.56. The molecule has 0 bridgehead atoms. The Hall–Kier alpha value is -3.59. The van der Waals surface area contributed by atoms with Gasteiger partial charge in [0.25, 0.3) is 0 Å². The molecule has 9 nitrogen and oxygen atoms in total. The molecule has 33 heavy (non-hydrogen) atoms. The topological polar surface area (TPSA) is 89.0 Å². The zero-order valence-electron chi connectivity index (χ0n) is 18.9. The minimum absolute atomic E-state index is 0.114. The van der Waals surface area contributed by atoms with E-state index in [0.29, 0.717) is 27.8 Å². The molecular formula is C23H25ClN6O3. The van der Waals surface area contributed by atoms with Crippen LogP contribution in [-0.4, -0.2) is 36.7 Å². The molecule has 2 heterocycles. The van der Waals surface area contributed by atoms with Gasteiger partial charge in [0.15, 0.2) is 0 Å². The van der Waals surface area contributed by atoms with Crippen molar-refractivity contribution in [3.05, 3.63) is 74.9 Å². The van der Waals surface area contributed by atoms with E-state index in [-0.39, 0.29) is 12.3 Å². The van der Waals surface area contributed by atoms with E-state index >= 15 is 0 Å². The number of hydrogen-bond acceptors (Lipinski definition) is 6. The van der Waals surface area contributed by atoms with Gasteiger partial charge in [-0.05, 0) is 59.7 Å². The number of hydrogen-bond donors (Lipinski definition) is 0. The number of methoxy groups -OCH3 is 1. The fourth-order valence-electron chi connectivity index (χ4n) is 3.57. The van der Waals surface area contributed by atoms with Crippen LogP contribution in [0.3, 0.4) is 0 Å². The first-order valence-electron chi connectivity index (χ1n) is 10.6. The van der Waals surface area contributed by atoms with E-state index in [1.807, 2.05) is 22.9 Å². The van der Waals surface area contributed by atoms with Crippen molar-refractivity contribution in [3.8, 4) is 22.9 Å². The molecule has 0 saturated heterocycles. The van der Waals surface area contributed by atoms with Crippen LogP contribution in [0.2, 0.25) is 5.02 Å². The van der Waals surface area contributed by atoms with E-state index in [0.717, 1.165) is 34.6 Å². The van der Waals surface area contributed by atoms with Crippen LogP contribution in [0.1, 0.15) is 30.8 Å². The summed E-state index contributed by atoms with van der Waals surface area (Å²) in [5.74, 6) is 1.07. The molecule has 0 radical (unpaired) electrons. The molecule has 2 aromatic carbocycles. The average Bonchev–Trinajstić information content (AvgIpc) is 3.41. The molecule has 10 heteroatoms. The minimum atomic E-state index is -0.371. The molecule has 4 rings (SSSR count). The van der Waals surface area contributed by atoms with E-state index < -0.39 is 0 Å². The van der Waals surface area contributed by atoms with Gasteiger partial charge in [-0.3, -0.25) is 0 Å². The molecule has 2 aromatic heterocycles. The quantitative estimate of drug-likeness (QED) is 0.393. The molecule has 0 aliphatic carbocycles. The molecule has 0 fully saturated rings. The van der Waals surface area contributed by atoms with Gasteiger partial charge >= 0.3 is 5.69 Å². The third-order valence-corrected chi connectivity index (χ3v) is 5.66. The highest BCUT2D eigenvalue weighted by Crippen LogP contribution is 2.31. The van der Waals surface area contributed by atoms with E-state index in [4.69, 9.17) is 21.1 Å². The van der Waals surface area contributed by atoms with Crippen molar-refractivity contribution in [1.82, 2.24) is 29.6 Å². The lowest BCUT2D eigenvalue weighted by Gasteiger charge is -2.15. The van der Waals surface area contributed by atoms with Gasteiger partial charge < -0.3 is 9.47 Å². The molecular weight excluding hydrogens is 444 g/mol. The number of aryl methyl sites for hydroxylation is 3. The molecule has 0 spiro atoms. The van der Waals surface area contributed by atoms with Gasteiger partial charge in [0, 0.05) is 12.7 Å². The normalized spacial score (nSPS) is 11.1. The predicted octanol–water partition coefficient (Wildman–Crippen LogP) is 3.52. The highest BCUT2D eigenvalue weighted by molar-refractivity contribution is 6.32. The number of tetrazole rings is 1. The molecule has 0 aliphatic heterocycles. The Bertz CT molecular complexity index is 1340. The standard InChI is InChI=1S/C23H25ClN6O3/c1-5-15-12-16(6-2)29(25-15)17-10-11-22(19(24)13-17)33-14-18-20(8-7-9-21(18)32-4)30-23(31)28(3)26-27-30/h7-13H,5-6,14H2,1-4H3. The minimum Gasteiger partial charge on any atom is -0.496 e. The van der Waals surface area contributed by atoms with Crippen LogP contribution in [0.4, 0.5) is 0 Å². The lowest BCUT2D eigenvalue weighted by molar-refractivity contribution is 0.296. The number of halogens is 1. The van der Waals surface area contributed by atoms with Crippen molar-refractivity contribution in [1.29, 1.82) is 0 Å². The third kappa shape index (κ3) is 4.36. The number of benzene rings is 2. The Morgan fingerprint density at radius 3 is 2.45 bits per heavy atom. The van der Waals surface area contributed by atoms with Crippen LogP contribution in [0.5, 0.6) is 11.5 Å². The van der Waals surface area contributed by atoms with Gasteiger partial charge in [-0.25, -0.2) is 9.48 Å². The Morgan fingerprint density at radius 1 is 1.00 bits per heavy atom. The first-order chi connectivity index (χ1) is 16.0. The van der Waals surface area contributed by atoms with Crippen LogP contribution < -0.4 is 15.2 Å². The Labute approximate surface area is 196 Å². The zero-order valence-corrected chi connectivity index (χ0v) is 19.7. The van der Waals surface area contributed by atoms with Crippen molar-refractivity contribution >= 4 is 11.6 Å². The van der Waals surface area contributed by atoms with Crippen LogP contribution in [0.25, 0.3) is 11.4 Å². The van der Waals surface area contributed by atoms with E-state index in [1.165, 1.54) is 11.7 Å². The van der Waals surface area contributed by atoms with Crippen molar-refractivity contribution < 1.29 is 9.47 Å². The third-order valence-electron chi connectivity index (χ3n) is 5.37. The van der Waals surface area contributed by atoms with Crippen molar-refractivity contribution in [2.75, 3.05) is 7.11 Å². The molecule has 4 aromatic rings. The molecule has 0 saturated carbocycles. The Kier molecular flexibility index (Phi) is 6.50. The smallest absolute Gasteiger partial charge is 0.368 e. The molecule has 0 N–H and O–H groups in total. The maximum absolute atomic E-state index is 12.4. The second-order valence-corrected chi connectivity index (χ2v) is 7.81. The summed E-state index contributed by atoms with van der Waals surface area (Å²) in [4.78, 5) is 12.4. The summed E-state index contributed by atoms with van der Waals surface area (Å²) in [7, 11) is 3.10. The van der Waals surface area contributed by atoms with Crippen molar-refractivity contribution in [2.24, 2.45) is 7.05 Å². The first kappa shape index (κ1) is 22.6. The van der Waals surface area contributed by atoms with Gasteiger partial charge in [-0.2, -0.15) is 14.5 Å². The largest absolute Gasteiger partial charge is 0.496 e. The number of rotatable bonds is 8. The lowest BCUT2D eigenvalue weighted by Crippen LogP contribution is -2.23. The van der Waals surface area contributed by atoms with Gasteiger partial charge in [-0.15, -0.1) is 0 Å². The Morgan fingerprint density at radius 2 is 1.82 bits per heavy atom. The molecule has 0 amide bonds. The molecule has 0 atom stereocenters. The van der Waals surface area contributed by atoms with E-state index in [9.17, 15) is 4.79 Å². The predicted molar refractivity (Wildman–Crippen MR) is 125 cm³/mol.